The van der Waals surface area contributed by atoms with Gasteiger partial charge in [-0.1, -0.05) is 36.4 Å². The van der Waals surface area contributed by atoms with Gasteiger partial charge < -0.3 is 4.90 Å². The van der Waals surface area contributed by atoms with Gasteiger partial charge in [0.25, 0.3) is 5.91 Å². The normalized spacial score (nSPS) is 23.4. The molecular formula is C15H18N2O2. The van der Waals surface area contributed by atoms with Gasteiger partial charge in [0.15, 0.2) is 0 Å². The third-order valence-electron chi connectivity index (χ3n) is 3.54. The number of carbonyl (C=O) groups is 2. The number of amides is 3. The lowest BCUT2D eigenvalue weighted by molar-refractivity contribution is -0.124. The smallest absolute Gasteiger partial charge is 0.322 e. The van der Waals surface area contributed by atoms with Crippen LogP contribution >= 0.6 is 0 Å². The van der Waals surface area contributed by atoms with Gasteiger partial charge in [-0.05, 0) is 25.5 Å². The van der Waals surface area contributed by atoms with Crippen molar-refractivity contribution >= 4 is 11.9 Å². The monoisotopic (exact) mass is 258 g/mol. The predicted octanol–water partition coefficient (Wildman–Crippen LogP) is 2.59. The molecule has 1 heterocycles. The fourth-order valence-corrected chi connectivity index (χ4v) is 2.42. The van der Waals surface area contributed by atoms with E-state index in [2.05, 4.69) is 0 Å². The minimum absolute atomic E-state index is 0.0379. The van der Waals surface area contributed by atoms with Gasteiger partial charge >= 0.3 is 6.03 Å². The SMILES string of the molecule is C/C=C/C(=O)N1C(=O)N(C)[C@H](C)[C@@H]1c1ccccc1. The standard InChI is InChI=1S/C15H18N2O2/c1-4-8-13(18)17-14(11(2)16(3)15(17)19)12-9-6-5-7-10-12/h4-11,14H,1-3H3/b8-4+/t11-,14-/m1/s1. The third kappa shape index (κ3) is 2.26. The highest BCUT2D eigenvalue weighted by Gasteiger charge is 2.44. The molecule has 0 spiro atoms. The molecule has 1 saturated heterocycles. The Hall–Kier alpha value is -2.10. The van der Waals surface area contributed by atoms with Crippen molar-refractivity contribution in [1.29, 1.82) is 0 Å². The van der Waals surface area contributed by atoms with Gasteiger partial charge in [-0.15, -0.1) is 0 Å². The Balaban J connectivity index is 2.43. The summed E-state index contributed by atoms with van der Waals surface area (Å²) >= 11 is 0. The van der Waals surface area contributed by atoms with E-state index in [1.807, 2.05) is 37.3 Å². The number of allylic oxidation sites excluding steroid dienone is 1. The molecule has 1 fully saturated rings. The van der Waals surface area contributed by atoms with E-state index >= 15 is 0 Å². The lowest BCUT2D eigenvalue weighted by atomic mass is 10.0. The van der Waals surface area contributed by atoms with Crippen molar-refractivity contribution in [2.45, 2.75) is 25.9 Å². The van der Waals surface area contributed by atoms with Crippen LogP contribution in [-0.2, 0) is 4.79 Å². The number of urea groups is 1. The molecule has 1 aliphatic heterocycles. The fourth-order valence-electron chi connectivity index (χ4n) is 2.42. The van der Waals surface area contributed by atoms with Gasteiger partial charge in [0.1, 0.15) is 0 Å². The van der Waals surface area contributed by atoms with E-state index in [0.717, 1.165) is 5.56 Å². The van der Waals surface area contributed by atoms with Crippen LogP contribution in [0.15, 0.2) is 42.5 Å². The van der Waals surface area contributed by atoms with Gasteiger partial charge in [-0.3, -0.25) is 9.69 Å². The minimum Gasteiger partial charge on any atom is -0.322 e. The Labute approximate surface area is 113 Å². The van der Waals surface area contributed by atoms with E-state index in [0.29, 0.717) is 0 Å². The molecule has 0 aromatic heterocycles. The summed E-state index contributed by atoms with van der Waals surface area (Å²) in [5.74, 6) is -0.266. The van der Waals surface area contributed by atoms with Crippen LogP contribution in [0.2, 0.25) is 0 Å². The maximum atomic E-state index is 12.2. The zero-order chi connectivity index (χ0) is 14.0. The van der Waals surface area contributed by atoms with Crippen molar-refractivity contribution in [2.24, 2.45) is 0 Å². The molecule has 4 nitrogen and oxygen atoms in total. The van der Waals surface area contributed by atoms with Crippen LogP contribution in [0, 0.1) is 0 Å². The van der Waals surface area contributed by atoms with Crippen LogP contribution in [0.25, 0.3) is 0 Å². The molecule has 3 amide bonds. The summed E-state index contributed by atoms with van der Waals surface area (Å²) in [6.45, 7) is 3.72. The maximum Gasteiger partial charge on any atom is 0.327 e. The minimum atomic E-state index is -0.266. The summed E-state index contributed by atoms with van der Waals surface area (Å²) < 4.78 is 0. The highest BCUT2D eigenvalue weighted by Crippen LogP contribution is 2.34. The first-order valence-corrected chi connectivity index (χ1v) is 6.35. The van der Waals surface area contributed by atoms with Gasteiger partial charge in [0.2, 0.25) is 0 Å². The van der Waals surface area contributed by atoms with E-state index in [4.69, 9.17) is 0 Å². The zero-order valence-corrected chi connectivity index (χ0v) is 11.4. The van der Waals surface area contributed by atoms with Gasteiger partial charge in [-0.25, -0.2) is 4.79 Å². The Morgan fingerprint density at radius 2 is 1.89 bits per heavy atom. The Morgan fingerprint density at radius 1 is 1.26 bits per heavy atom. The second-order valence-electron chi connectivity index (χ2n) is 4.70. The van der Waals surface area contributed by atoms with E-state index in [-0.39, 0.29) is 24.0 Å². The van der Waals surface area contributed by atoms with Gasteiger partial charge in [0.05, 0.1) is 12.1 Å². The number of benzene rings is 1. The van der Waals surface area contributed by atoms with Crippen LogP contribution in [0.1, 0.15) is 25.5 Å². The Kier molecular flexibility index (Phi) is 3.69. The number of likely N-dealkylation sites (N-methyl/N-ethyl adjacent to an activating group) is 1. The molecule has 0 N–H and O–H groups in total. The largest absolute Gasteiger partial charge is 0.327 e. The van der Waals surface area contributed by atoms with Crippen LogP contribution in [0.5, 0.6) is 0 Å². The molecular weight excluding hydrogens is 240 g/mol. The van der Waals surface area contributed by atoms with Crippen molar-refractivity contribution in [3.63, 3.8) is 0 Å². The van der Waals surface area contributed by atoms with Crippen molar-refractivity contribution in [1.82, 2.24) is 9.80 Å². The topological polar surface area (TPSA) is 40.6 Å². The van der Waals surface area contributed by atoms with Crippen LogP contribution in [0.4, 0.5) is 4.79 Å². The number of nitrogens with zero attached hydrogens (tertiary/aromatic N) is 2. The summed E-state index contributed by atoms with van der Waals surface area (Å²) in [6.07, 6.45) is 3.08. The van der Waals surface area contributed by atoms with E-state index in [9.17, 15) is 9.59 Å². The number of carbonyl (C=O) groups excluding carboxylic acids is 2. The quantitative estimate of drug-likeness (QED) is 0.765. The average molecular weight is 258 g/mol. The number of rotatable bonds is 2. The summed E-state index contributed by atoms with van der Waals surface area (Å²) in [5, 5.41) is 0. The maximum absolute atomic E-state index is 12.2. The molecule has 19 heavy (non-hydrogen) atoms. The summed E-state index contributed by atoms with van der Waals surface area (Å²) in [7, 11) is 1.73. The molecule has 0 bridgehead atoms. The highest BCUT2D eigenvalue weighted by atomic mass is 16.2. The van der Waals surface area contributed by atoms with Crippen molar-refractivity contribution in [2.75, 3.05) is 7.05 Å². The molecule has 1 aliphatic rings. The average Bonchev–Trinajstić information content (AvgIpc) is 2.64. The number of hydrogen-bond acceptors (Lipinski definition) is 2. The molecule has 0 saturated carbocycles. The summed E-state index contributed by atoms with van der Waals surface area (Å²) in [5.41, 5.74) is 0.977. The molecule has 0 radical (unpaired) electrons. The molecule has 2 rings (SSSR count). The third-order valence-corrected chi connectivity index (χ3v) is 3.54. The van der Waals surface area contributed by atoms with Crippen molar-refractivity contribution < 1.29 is 9.59 Å². The van der Waals surface area contributed by atoms with Gasteiger partial charge in [0, 0.05) is 7.05 Å². The molecule has 1 aromatic carbocycles. The van der Waals surface area contributed by atoms with Crippen molar-refractivity contribution in [3.8, 4) is 0 Å². The van der Waals surface area contributed by atoms with Crippen LogP contribution < -0.4 is 0 Å². The van der Waals surface area contributed by atoms with E-state index < -0.39 is 0 Å². The molecule has 0 aliphatic carbocycles. The van der Waals surface area contributed by atoms with Gasteiger partial charge in [-0.2, -0.15) is 0 Å². The second kappa shape index (κ2) is 5.26. The predicted molar refractivity (Wildman–Crippen MR) is 73.5 cm³/mol. The lowest BCUT2D eigenvalue weighted by Gasteiger charge is -2.23. The fraction of sp³-hybridized carbons (Fsp3) is 0.333. The van der Waals surface area contributed by atoms with Crippen LogP contribution in [0.3, 0.4) is 0 Å². The first-order chi connectivity index (χ1) is 9.07. The number of imide groups is 1. The molecule has 100 valence electrons. The van der Waals surface area contributed by atoms with Crippen LogP contribution in [-0.4, -0.2) is 34.8 Å². The molecule has 4 heteroatoms. The first kappa shape index (κ1) is 13.3. The highest BCUT2D eigenvalue weighted by molar-refractivity contribution is 6.02. The molecule has 1 aromatic rings. The molecule has 2 atom stereocenters. The molecule has 0 unspecified atom stereocenters. The number of hydrogen-bond donors (Lipinski definition) is 0. The van der Waals surface area contributed by atoms with Crippen molar-refractivity contribution in [3.05, 3.63) is 48.0 Å². The zero-order valence-electron chi connectivity index (χ0n) is 11.4. The van der Waals surface area contributed by atoms with E-state index in [1.165, 1.54) is 11.0 Å². The Bertz CT molecular complexity index is 510. The summed E-state index contributed by atoms with van der Waals surface area (Å²) in [6, 6.07) is 9.14. The first-order valence-electron chi connectivity index (χ1n) is 6.35. The summed E-state index contributed by atoms with van der Waals surface area (Å²) in [4.78, 5) is 27.3. The lowest BCUT2D eigenvalue weighted by Crippen LogP contribution is -2.35. The Morgan fingerprint density at radius 3 is 2.47 bits per heavy atom. The van der Waals surface area contributed by atoms with E-state index in [1.54, 1.807) is 24.9 Å². The second-order valence-corrected chi connectivity index (χ2v) is 4.70.